The van der Waals surface area contributed by atoms with Crippen LogP contribution in [0, 0.1) is 5.92 Å². The first kappa shape index (κ1) is 8.97. The lowest BCUT2D eigenvalue weighted by Crippen LogP contribution is -2.26. The Hall–Kier alpha value is -0.120. The highest BCUT2D eigenvalue weighted by molar-refractivity contribution is 4.66. The second kappa shape index (κ2) is 5.52. The van der Waals surface area contributed by atoms with E-state index in [0.717, 1.165) is 38.8 Å². The molecular weight excluding hydrogens is 142 g/mol. The molecule has 1 saturated heterocycles. The zero-order valence-electron chi connectivity index (χ0n) is 7.14. The van der Waals surface area contributed by atoms with Crippen molar-refractivity contribution in [3.63, 3.8) is 0 Å². The lowest BCUT2D eigenvalue weighted by atomic mass is 10.1. The van der Waals surface area contributed by atoms with Crippen molar-refractivity contribution >= 4 is 0 Å². The highest BCUT2D eigenvalue weighted by Crippen LogP contribution is 2.10. The van der Waals surface area contributed by atoms with Gasteiger partial charge in [0.25, 0.3) is 0 Å². The number of ether oxygens (including phenoxy) is 2. The molecule has 1 aliphatic rings. The molecule has 0 amide bonds. The van der Waals surface area contributed by atoms with Crippen LogP contribution in [0.2, 0.25) is 0 Å². The SMILES string of the molecule is COCCNCC1CCOC1. The van der Waals surface area contributed by atoms with E-state index >= 15 is 0 Å². The number of nitrogens with one attached hydrogen (secondary N) is 1. The van der Waals surface area contributed by atoms with Gasteiger partial charge in [-0.05, 0) is 12.3 Å². The number of rotatable bonds is 5. The minimum absolute atomic E-state index is 0.729. The molecule has 1 fully saturated rings. The quantitative estimate of drug-likeness (QED) is 0.584. The molecular formula is C8H17NO2. The fourth-order valence-electron chi connectivity index (χ4n) is 1.22. The van der Waals surface area contributed by atoms with Gasteiger partial charge in [0.1, 0.15) is 0 Å². The molecule has 11 heavy (non-hydrogen) atoms. The molecule has 0 aromatic rings. The van der Waals surface area contributed by atoms with Crippen LogP contribution in [-0.4, -0.2) is 40.0 Å². The van der Waals surface area contributed by atoms with Crippen LogP contribution >= 0.6 is 0 Å². The summed E-state index contributed by atoms with van der Waals surface area (Å²) < 4.78 is 10.2. The Labute approximate surface area is 68.1 Å². The van der Waals surface area contributed by atoms with Crippen molar-refractivity contribution in [1.29, 1.82) is 0 Å². The first-order chi connectivity index (χ1) is 5.43. The lowest BCUT2D eigenvalue weighted by molar-refractivity contribution is 0.180. The van der Waals surface area contributed by atoms with E-state index in [4.69, 9.17) is 9.47 Å². The van der Waals surface area contributed by atoms with Crippen molar-refractivity contribution in [3.05, 3.63) is 0 Å². The summed E-state index contributed by atoms with van der Waals surface area (Å²) in [6.07, 6.45) is 1.21. The molecule has 0 spiro atoms. The van der Waals surface area contributed by atoms with Gasteiger partial charge < -0.3 is 14.8 Å². The molecule has 1 N–H and O–H groups in total. The van der Waals surface area contributed by atoms with Crippen molar-refractivity contribution in [2.24, 2.45) is 5.92 Å². The van der Waals surface area contributed by atoms with E-state index in [1.807, 2.05) is 0 Å². The van der Waals surface area contributed by atoms with E-state index < -0.39 is 0 Å². The average molecular weight is 159 g/mol. The summed E-state index contributed by atoms with van der Waals surface area (Å²) in [7, 11) is 1.72. The van der Waals surface area contributed by atoms with Crippen LogP contribution in [0.5, 0.6) is 0 Å². The smallest absolute Gasteiger partial charge is 0.0587 e. The van der Waals surface area contributed by atoms with Gasteiger partial charge in [-0.1, -0.05) is 0 Å². The fraction of sp³-hybridized carbons (Fsp3) is 1.00. The molecule has 0 bridgehead atoms. The summed E-state index contributed by atoms with van der Waals surface area (Å²) in [5.41, 5.74) is 0. The summed E-state index contributed by atoms with van der Waals surface area (Å²) in [5.74, 6) is 0.729. The second-order valence-electron chi connectivity index (χ2n) is 2.93. The third-order valence-electron chi connectivity index (χ3n) is 1.94. The molecule has 0 aliphatic carbocycles. The summed E-state index contributed by atoms with van der Waals surface area (Å²) in [6, 6.07) is 0. The van der Waals surface area contributed by atoms with Gasteiger partial charge >= 0.3 is 0 Å². The van der Waals surface area contributed by atoms with Crippen molar-refractivity contribution in [2.45, 2.75) is 6.42 Å². The van der Waals surface area contributed by atoms with Gasteiger partial charge in [0.2, 0.25) is 0 Å². The summed E-state index contributed by atoms with van der Waals surface area (Å²) in [4.78, 5) is 0. The summed E-state index contributed by atoms with van der Waals surface area (Å²) in [6.45, 7) is 4.69. The second-order valence-corrected chi connectivity index (χ2v) is 2.93. The van der Waals surface area contributed by atoms with Crippen molar-refractivity contribution in [3.8, 4) is 0 Å². The Bertz CT molecular complexity index is 92.1. The predicted molar refractivity (Wildman–Crippen MR) is 43.7 cm³/mol. The predicted octanol–water partition coefficient (Wildman–Crippen LogP) is 0.259. The molecule has 0 aromatic heterocycles. The maximum Gasteiger partial charge on any atom is 0.0587 e. The maximum absolute atomic E-state index is 5.24. The van der Waals surface area contributed by atoms with Crippen LogP contribution < -0.4 is 5.32 Å². The van der Waals surface area contributed by atoms with Gasteiger partial charge in [-0.25, -0.2) is 0 Å². The maximum atomic E-state index is 5.24. The fourth-order valence-corrected chi connectivity index (χ4v) is 1.22. The van der Waals surface area contributed by atoms with E-state index in [9.17, 15) is 0 Å². The molecule has 1 atom stereocenters. The molecule has 1 rings (SSSR count). The van der Waals surface area contributed by atoms with Gasteiger partial charge in [0.05, 0.1) is 13.2 Å². The largest absolute Gasteiger partial charge is 0.383 e. The number of hydrogen-bond donors (Lipinski definition) is 1. The lowest BCUT2D eigenvalue weighted by Gasteiger charge is -2.07. The van der Waals surface area contributed by atoms with E-state index in [-0.39, 0.29) is 0 Å². The first-order valence-corrected chi connectivity index (χ1v) is 4.21. The Morgan fingerprint density at radius 2 is 2.55 bits per heavy atom. The molecule has 1 unspecified atom stereocenters. The van der Waals surface area contributed by atoms with Gasteiger partial charge in [0.15, 0.2) is 0 Å². The number of methoxy groups -OCH3 is 1. The van der Waals surface area contributed by atoms with Gasteiger partial charge in [0, 0.05) is 26.8 Å². The van der Waals surface area contributed by atoms with E-state index in [2.05, 4.69) is 5.32 Å². The Morgan fingerprint density at radius 1 is 1.64 bits per heavy atom. The molecule has 1 heterocycles. The molecule has 3 heteroatoms. The van der Waals surface area contributed by atoms with E-state index in [1.54, 1.807) is 7.11 Å². The van der Waals surface area contributed by atoms with Crippen molar-refractivity contribution in [2.75, 3.05) is 40.0 Å². The van der Waals surface area contributed by atoms with Crippen molar-refractivity contribution in [1.82, 2.24) is 5.32 Å². The minimum atomic E-state index is 0.729. The zero-order chi connectivity index (χ0) is 7.94. The van der Waals surface area contributed by atoms with E-state index in [1.165, 1.54) is 6.42 Å². The molecule has 1 aliphatic heterocycles. The monoisotopic (exact) mass is 159 g/mol. The third kappa shape index (κ3) is 3.70. The average Bonchev–Trinajstić information content (AvgIpc) is 2.50. The normalized spacial score (nSPS) is 24.3. The van der Waals surface area contributed by atoms with Crippen LogP contribution in [0.1, 0.15) is 6.42 Å². The highest BCUT2D eigenvalue weighted by Gasteiger charge is 2.14. The van der Waals surface area contributed by atoms with Crippen LogP contribution in [0.15, 0.2) is 0 Å². The Kier molecular flexibility index (Phi) is 4.50. The standard InChI is InChI=1S/C8H17NO2/c1-10-5-3-9-6-8-2-4-11-7-8/h8-9H,2-7H2,1H3. The van der Waals surface area contributed by atoms with Crippen LogP contribution in [0.25, 0.3) is 0 Å². The van der Waals surface area contributed by atoms with Gasteiger partial charge in [-0.3, -0.25) is 0 Å². The highest BCUT2D eigenvalue weighted by atomic mass is 16.5. The van der Waals surface area contributed by atoms with Crippen molar-refractivity contribution < 1.29 is 9.47 Å². The van der Waals surface area contributed by atoms with Crippen LogP contribution in [0.3, 0.4) is 0 Å². The minimum Gasteiger partial charge on any atom is -0.383 e. The van der Waals surface area contributed by atoms with Gasteiger partial charge in [-0.2, -0.15) is 0 Å². The Morgan fingerprint density at radius 3 is 3.18 bits per heavy atom. The third-order valence-corrected chi connectivity index (χ3v) is 1.94. The molecule has 0 saturated carbocycles. The molecule has 3 nitrogen and oxygen atoms in total. The van der Waals surface area contributed by atoms with Crippen LogP contribution in [0.4, 0.5) is 0 Å². The van der Waals surface area contributed by atoms with Crippen LogP contribution in [-0.2, 0) is 9.47 Å². The molecule has 66 valence electrons. The van der Waals surface area contributed by atoms with Gasteiger partial charge in [-0.15, -0.1) is 0 Å². The first-order valence-electron chi connectivity index (χ1n) is 4.21. The zero-order valence-corrected chi connectivity index (χ0v) is 7.14. The molecule has 0 aromatic carbocycles. The van der Waals surface area contributed by atoms with E-state index in [0.29, 0.717) is 0 Å². The summed E-state index contributed by atoms with van der Waals surface area (Å²) >= 11 is 0. The summed E-state index contributed by atoms with van der Waals surface area (Å²) in [5, 5.41) is 3.32. The number of hydrogen-bond acceptors (Lipinski definition) is 3. The molecule has 0 radical (unpaired) electrons. The topological polar surface area (TPSA) is 30.5 Å². The Balaban J connectivity index is 1.86.